The van der Waals surface area contributed by atoms with Gasteiger partial charge in [-0.05, 0) is 43.4 Å². The fourth-order valence-electron chi connectivity index (χ4n) is 2.33. The van der Waals surface area contributed by atoms with E-state index in [1.165, 1.54) is 43.6 Å². The molecule has 0 unspecified atom stereocenters. The molecule has 0 radical (unpaired) electrons. The van der Waals surface area contributed by atoms with Gasteiger partial charge in [0, 0.05) is 18.8 Å². The fourth-order valence-corrected chi connectivity index (χ4v) is 2.33. The molecule has 0 spiro atoms. The molecule has 18 heavy (non-hydrogen) atoms. The zero-order valence-corrected chi connectivity index (χ0v) is 11.3. The Morgan fingerprint density at radius 3 is 2.39 bits per heavy atom. The van der Waals surface area contributed by atoms with Gasteiger partial charge < -0.3 is 4.90 Å². The second-order valence-corrected chi connectivity index (χ2v) is 4.83. The summed E-state index contributed by atoms with van der Waals surface area (Å²) in [5.74, 6) is 0. The SMILES string of the molecule is CCC=CC=Cc1ccc(N2CCCCC2)cc1. The third kappa shape index (κ3) is 3.76. The van der Waals surface area contributed by atoms with Crippen molar-refractivity contribution in [2.45, 2.75) is 32.6 Å². The number of piperidine rings is 1. The van der Waals surface area contributed by atoms with Crippen molar-refractivity contribution in [3.8, 4) is 0 Å². The average molecular weight is 241 g/mol. The largest absolute Gasteiger partial charge is 0.372 e. The van der Waals surface area contributed by atoms with Crippen LogP contribution in [0.1, 0.15) is 38.2 Å². The van der Waals surface area contributed by atoms with E-state index in [1.54, 1.807) is 0 Å². The van der Waals surface area contributed by atoms with Gasteiger partial charge in [-0.1, -0.05) is 43.4 Å². The molecule has 0 aliphatic carbocycles. The molecule has 1 aromatic carbocycles. The highest BCUT2D eigenvalue weighted by atomic mass is 15.1. The predicted molar refractivity (Wildman–Crippen MR) is 81.0 cm³/mol. The second-order valence-electron chi connectivity index (χ2n) is 4.83. The molecular formula is C17H23N. The van der Waals surface area contributed by atoms with Crippen LogP contribution in [0.15, 0.2) is 42.5 Å². The van der Waals surface area contributed by atoms with Gasteiger partial charge in [0.2, 0.25) is 0 Å². The summed E-state index contributed by atoms with van der Waals surface area (Å²) >= 11 is 0. The first-order valence-corrected chi connectivity index (χ1v) is 7.08. The van der Waals surface area contributed by atoms with Crippen LogP contribution in [0.3, 0.4) is 0 Å². The summed E-state index contributed by atoms with van der Waals surface area (Å²) in [6, 6.07) is 8.91. The number of hydrogen-bond donors (Lipinski definition) is 0. The van der Waals surface area contributed by atoms with Gasteiger partial charge in [-0.25, -0.2) is 0 Å². The van der Waals surface area contributed by atoms with Gasteiger partial charge >= 0.3 is 0 Å². The maximum Gasteiger partial charge on any atom is 0.0366 e. The predicted octanol–water partition coefficient (Wildman–Crippen LogP) is 4.66. The molecule has 1 heteroatoms. The minimum Gasteiger partial charge on any atom is -0.372 e. The quantitative estimate of drug-likeness (QED) is 0.693. The zero-order valence-electron chi connectivity index (χ0n) is 11.3. The number of allylic oxidation sites excluding steroid dienone is 3. The number of anilines is 1. The first-order valence-electron chi connectivity index (χ1n) is 7.08. The standard InChI is InChI=1S/C17H23N/c1-2-3-4-6-9-16-10-12-17(13-11-16)18-14-7-5-8-15-18/h3-4,6,9-13H,2,5,7-8,14-15H2,1H3. The molecule has 96 valence electrons. The Balaban J connectivity index is 1.96. The number of benzene rings is 1. The van der Waals surface area contributed by atoms with Gasteiger partial charge in [-0.3, -0.25) is 0 Å². The Morgan fingerprint density at radius 1 is 1.00 bits per heavy atom. The molecule has 0 amide bonds. The summed E-state index contributed by atoms with van der Waals surface area (Å²) < 4.78 is 0. The second kappa shape index (κ2) is 7.05. The van der Waals surface area contributed by atoms with Gasteiger partial charge in [-0.15, -0.1) is 0 Å². The van der Waals surface area contributed by atoms with Crippen LogP contribution in [0.5, 0.6) is 0 Å². The molecule has 1 fully saturated rings. The summed E-state index contributed by atoms with van der Waals surface area (Å²) in [5.41, 5.74) is 2.65. The lowest BCUT2D eigenvalue weighted by Crippen LogP contribution is -2.29. The number of nitrogens with zero attached hydrogens (tertiary/aromatic N) is 1. The van der Waals surface area contributed by atoms with Crippen LogP contribution in [-0.4, -0.2) is 13.1 Å². The summed E-state index contributed by atoms with van der Waals surface area (Å²) in [6.45, 7) is 4.58. The van der Waals surface area contributed by atoms with Gasteiger partial charge in [0.25, 0.3) is 0 Å². The van der Waals surface area contributed by atoms with Crippen molar-refractivity contribution in [3.63, 3.8) is 0 Å². The van der Waals surface area contributed by atoms with Gasteiger partial charge in [-0.2, -0.15) is 0 Å². The molecule has 0 bridgehead atoms. The van der Waals surface area contributed by atoms with E-state index in [0.717, 1.165) is 6.42 Å². The molecule has 1 saturated heterocycles. The number of rotatable bonds is 4. The zero-order chi connectivity index (χ0) is 12.6. The highest BCUT2D eigenvalue weighted by molar-refractivity contribution is 5.57. The van der Waals surface area contributed by atoms with Crippen LogP contribution in [0.4, 0.5) is 5.69 Å². The summed E-state index contributed by atoms with van der Waals surface area (Å²) in [6.07, 6.45) is 13.7. The van der Waals surface area contributed by atoms with Gasteiger partial charge in [0.1, 0.15) is 0 Å². The lowest BCUT2D eigenvalue weighted by Gasteiger charge is -2.28. The maximum atomic E-state index is 2.49. The first kappa shape index (κ1) is 12.9. The minimum atomic E-state index is 1.10. The van der Waals surface area contributed by atoms with Crippen molar-refractivity contribution < 1.29 is 0 Å². The Hall–Kier alpha value is -1.50. The highest BCUT2D eigenvalue weighted by Crippen LogP contribution is 2.20. The third-order valence-corrected chi connectivity index (χ3v) is 3.39. The van der Waals surface area contributed by atoms with Gasteiger partial charge in [0.15, 0.2) is 0 Å². The van der Waals surface area contributed by atoms with Crippen molar-refractivity contribution >= 4 is 11.8 Å². The molecule has 1 aromatic rings. The van der Waals surface area contributed by atoms with Crippen LogP contribution in [0, 0.1) is 0 Å². The number of hydrogen-bond acceptors (Lipinski definition) is 1. The van der Waals surface area contributed by atoms with Crippen LogP contribution in [-0.2, 0) is 0 Å². The molecule has 1 nitrogen and oxygen atoms in total. The Kier molecular flexibility index (Phi) is 5.07. The monoisotopic (exact) mass is 241 g/mol. The Labute approximate surface area is 111 Å². The molecule has 0 N–H and O–H groups in total. The van der Waals surface area contributed by atoms with Crippen molar-refractivity contribution in [2.75, 3.05) is 18.0 Å². The smallest absolute Gasteiger partial charge is 0.0366 e. The third-order valence-electron chi connectivity index (χ3n) is 3.39. The highest BCUT2D eigenvalue weighted by Gasteiger charge is 2.09. The van der Waals surface area contributed by atoms with E-state index in [2.05, 4.69) is 60.4 Å². The van der Waals surface area contributed by atoms with Crippen molar-refractivity contribution in [1.29, 1.82) is 0 Å². The van der Waals surface area contributed by atoms with Crippen molar-refractivity contribution in [3.05, 3.63) is 48.1 Å². The van der Waals surface area contributed by atoms with Gasteiger partial charge in [0.05, 0.1) is 0 Å². The summed E-state index contributed by atoms with van der Waals surface area (Å²) in [7, 11) is 0. The molecule has 0 atom stereocenters. The van der Waals surface area contributed by atoms with E-state index < -0.39 is 0 Å². The van der Waals surface area contributed by atoms with Crippen LogP contribution >= 0.6 is 0 Å². The van der Waals surface area contributed by atoms with E-state index in [9.17, 15) is 0 Å². The van der Waals surface area contributed by atoms with E-state index in [0.29, 0.717) is 0 Å². The summed E-state index contributed by atoms with van der Waals surface area (Å²) in [4.78, 5) is 2.49. The van der Waals surface area contributed by atoms with Crippen LogP contribution in [0.25, 0.3) is 6.08 Å². The lowest BCUT2D eigenvalue weighted by atomic mass is 10.1. The minimum absolute atomic E-state index is 1.10. The molecule has 2 rings (SSSR count). The van der Waals surface area contributed by atoms with Crippen molar-refractivity contribution in [1.82, 2.24) is 0 Å². The van der Waals surface area contributed by atoms with Crippen LogP contribution in [0.2, 0.25) is 0 Å². The molecule has 0 aromatic heterocycles. The Morgan fingerprint density at radius 2 is 1.72 bits per heavy atom. The van der Waals surface area contributed by atoms with E-state index in [4.69, 9.17) is 0 Å². The first-order chi connectivity index (χ1) is 8.90. The van der Waals surface area contributed by atoms with E-state index in [1.807, 2.05) is 0 Å². The van der Waals surface area contributed by atoms with E-state index in [-0.39, 0.29) is 0 Å². The topological polar surface area (TPSA) is 3.24 Å². The van der Waals surface area contributed by atoms with Crippen molar-refractivity contribution in [2.24, 2.45) is 0 Å². The molecule has 1 aliphatic heterocycles. The normalized spacial score (nSPS) is 16.8. The summed E-state index contributed by atoms with van der Waals surface area (Å²) in [5, 5.41) is 0. The molecule has 0 saturated carbocycles. The molecular weight excluding hydrogens is 218 g/mol. The average Bonchev–Trinajstić information content (AvgIpc) is 2.45. The lowest BCUT2D eigenvalue weighted by molar-refractivity contribution is 0.578. The van der Waals surface area contributed by atoms with Crippen LogP contribution < -0.4 is 4.90 Å². The molecule has 1 aliphatic rings. The molecule has 1 heterocycles. The maximum absolute atomic E-state index is 2.49. The fraction of sp³-hybridized carbons (Fsp3) is 0.412. The Bertz CT molecular complexity index is 394. The van der Waals surface area contributed by atoms with E-state index >= 15 is 0 Å².